The van der Waals surface area contributed by atoms with Crippen molar-refractivity contribution in [2.24, 2.45) is 5.73 Å². The van der Waals surface area contributed by atoms with Crippen LogP contribution in [0.4, 0.5) is 0 Å². The zero-order valence-corrected chi connectivity index (χ0v) is 11.3. The average molecular weight is 255 g/mol. The highest BCUT2D eigenvalue weighted by Crippen LogP contribution is 2.21. The van der Waals surface area contributed by atoms with Gasteiger partial charge in [-0.25, -0.2) is 4.98 Å². The molecule has 1 fully saturated rings. The highest BCUT2D eigenvalue weighted by molar-refractivity contribution is 7.11. The van der Waals surface area contributed by atoms with Crippen molar-refractivity contribution in [3.8, 4) is 0 Å². The topological polar surface area (TPSA) is 60.2 Å². The Labute approximate surface area is 107 Å². The van der Waals surface area contributed by atoms with Gasteiger partial charge in [0, 0.05) is 24.2 Å². The third-order valence-electron chi connectivity index (χ3n) is 3.18. The number of aryl methyl sites for hydroxylation is 1. The van der Waals surface area contributed by atoms with E-state index in [9.17, 15) is 0 Å². The summed E-state index contributed by atoms with van der Waals surface area (Å²) >= 11 is 1.78. The molecule has 0 saturated carbocycles. The van der Waals surface area contributed by atoms with E-state index in [0.29, 0.717) is 6.61 Å². The lowest BCUT2D eigenvalue weighted by Gasteiger charge is -2.24. The Kier molecular flexibility index (Phi) is 4.14. The van der Waals surface area contributed by atoms with Gasteiger partial charge in [0.15, 0.2) is 0 Å². The number of rotatable bonds is 5. The minimum absolute atomic E-state index is 0.195. The molecule has 0 radical (unpaired) electrons. The minimum atomic E-state index is -0.195. The van der Waals surface area contributed by atoms with Crippen molar-refractivity contribution in [3.63, 3.8) is 0 Å². The van der Waals surface area contributed by atoms with E-state index in [1.165, 1.54) is 4.88 Å². The molecular weight excluding hydrogens is 234 g/mol. The second kappa shape index (κ2) is 5.44. The maximum atomic E-state index is 6.21. The SMILES string of the molecule is CCc1cnc(C(C)NCC2(N)CCOC2)s1. The summed E-state index contributed by atoms with van der Waals surface area (Å²) in [5.74, 6) is 0. The normalized spacial score (nSPS) is 26.3. The summed E-state index contributed by atoms with van der Waals surface area (Å²) in [5, 5.41) is 4.60. The van der Waals surface area contributed by atoms with E-state index in [1.807, 2.05) is 6.20 Å². The Hall–Kier alpha value is -0.490. The van der Waals surface area contributed by atoms with Gasteiger partial charge in [0.1, 0.15) is 5.01 Å². The Morgan fingerprint density at radius 1 is 1.71 bits per heavy atom. The van der Waals surface area contributed by atoms with Gasteiger partial charge in [-0.15, -0.1) is 11.3 Å². The lowest BCUT2D eigenvalue weighted by atomic mass is 10.0. The summed E-state index contributed by atoms with van der Waals surface area (Å²) in [6, 6.07) is 0.265. The molecule has 1 aliphatic heterocycles. The summed E-state index contributed by atoms with van der Waals surface area (Å²) in [6.45, 7) is 6.52. The van der Waals surface area contributed by atoms with E-state index >= 15 is 0 Å². The van der Waals surface area contributed by atoms with Gasteiger partial charge in [-0.1, -0.05) is 6.92 Å². The number of hydrogen-bond acceptors (Lipinski definition) is 5. The summed E-state index contributed by atoms with van der Waals surface area (Å²) in [5.41, 5.74) is 6.02. The monoisotopic (exact) mass is 255 g/mol. The Balaban J connectivity index is 1.86. The quantitative estimate of drug-likeness (QED) is 0.836. The summed E-state index contributed by atoms with van der Waals surface area (Å²) in [6.07, 6.45) is 3.96. The molecular formula is C12H21N3OS. The van der Waals surface area contributed by atoms with Gasteiger partial charge in [-0.05, 0) is 19.8 Å². The van der Waals surface area contributed by atoms with Crippen LogP contribution < -0.4 is 11.1 Å². The Morgan fingerprint density at radius 3 is 3.12 bits per heavy atom. The number of nitrogens with one attached hydrogen (secondary N) is 1. The van der Waals surface area contributed by atoms with Crippen LogP contribution in [0.1, 0.15) is 36.2 Å². The van der Waals surface area contributed by atoms with Crippen molar-refractivity contribution >= 4 is 11.3 Å². The van der Waals surface area contributed by atoms with E-state index in [2.05, 4.69) is 24.1 Å². The molecule has 0 aliphatic carbocycles. The van der Waals surface area contributed by atoms with Crippen LogP contribution in [0.15, 0.2) is 6.20 Å². The smallest absolute Gasteiger partial charge is 0.109 e. The van der Waals surface area contributed by atoms with Crippen molar-refractivity contribution in [2.75, 3.05) is 19.8 Å². The third kappa shape index (κ3) is 3.25. The molecule has 1 saturated heterocycles. The van der Waals surface area contributed by atoms with E-state index in [4.69, 9.17) is 10.5 Å². The summed E-state index contributed by atoms with van der Waals surface area (Å²) in [7, 11) is 0. The van der Waals surface area contributed by atoms with Gasteiger partial charge in [0.05, 0.1) is 18.2 Å². The third-order valence-corrected chi connectivity index (χ3v) is 4.51. The van der Waals surface area contributed by atoms with Crippen LogP contribution in [0.2, 0.25) is 0 Å². The van der Waals surface area contributed by atoms with Crippen molar-refractivity contribution in [1.82, 2.24) is 10.3 Å². The van der Waals surface area contributed by atoms with E-state index in [1.54, 1.807) is 11.3 Å². The van der Waals surface area contributed by atoms with Gasteiger partial charge in [0.25, 0.3) is 0 Å². The predicted octanol–water partition coefficient (Wildman–Crippen LogP) is 1.47. The van der Waals surface area contributed by atoms with Crippen molar-refractivity contribution in [1.29, 1.82) is 0 Å². The van der Waals surface area contributed by atoms with E-state index in [-0.39, 0.29) is 11.6 Å². The first-order chi connectivity index (χ1) is 8.13. The molecule has 5 heteroatoms. The second-order valence-corrected chi connectivity index (χ2v) is 5.93. The van der Waals surface area contributed by atoms with Gasteiger partial charge >= 0.3 is 0 Å². The standard InChI is InChI=1S/C12H21N3OS/c1-3-10-6-14-11(17-10)9(2)15-7-12(13)4-5-16-8-12/h6,9,15H,3-5,7-8,13H2,1-2H3. The molecule has 0 bridgehead atoms. The first-order valence-electron chi connectivity index (χ1n) is 6.17. The molecule has 2 unspecified atom stereocenters. The van der Waals surface area contributed by atoms with E-state index < -0.39 is 0 Å². The zero-order chi connectivity index (χ0) is 12.3. The molecule has 17 heavy (non-hydrogen) atoms. The highest BCUT2D eigenvalue weighted by Gasteiger charge is 2.30. The van der Waals surface area contributed by atoms with Crippen LogP contribution in [0, 0.1) is 0 Å². The van der Waals surface area contributed by atoms with Gasteiger partial charge in [0.2, 0.25) is 0 Å². The molecule has 1 aromatic rings. The molecule has 2 atom stereocenters. The summed E-state index contributed by atoms with van der Waals surface area (Å²) < 4.78 is 5.34. The zero-order valence-electron chi connectivity index (χ0n) is 10.5. The molecule has 4 nitrogen and oxygen atoms in total. The first-order valence-corrected chi connectivity index (χ1v) is 6.99. The van der Waals surface area contributed by atoms with E-state index in [0.717, 1.165) is 31.0 Å². The van der Waals surface area contributed by atoms with Crippen molar-refractivity contribution in [2.45, 2.75) is 38.3 Å². The summed E-state index contributed by atoms with van der Waals surface area (Å²) in [4.78, 5) is 5.77. The first kappa shape index (κ1) is 13.0. The molecule has 0 spiro atoms. The largest absolute Gasteiger partial charge is 0.379 e. The number of hydrogen-bond donors (Lipinski definition) is 2. The highest BCUT2D eigenvalue weighted by atomic mass is 32.1. The van der Waals surface area contributed by atoms with Crippen molar-refractivity contribution in [3.05, 3.63) is 16.1 Å². The Bertz CT molecular complexity index is 360. The van der Waals surface area contributed by atoms with Crippen LogP contribution in [-0.4, -0.2) is 30.3 Å². The molecule has 0 aromatic carbocycles. The fraction of sp³-hybridized carbons (Fsp3) is 0.750. The number of ether oxygens (including phenoxy) is 1. The number of aromatic nitrogens is 1. The van der Waals surface area contributed by atoms with Crippen LogP contribution in [0.5, 0.6) is 0 Å². The predicted molar refractivity (Wildman–Crippen MR) is 70.3 cm³/mol. The van der Waals surface area contributed by atoms with Crippen LogP contribution >= 0.6 is 11.3 Å². The number of nitrogens with two attached hydrogens (primary N) is 1. The fourth-order valence-corrected chi connectivity index (χ4v) is 2.78. The second-order valence-electron chi connectivity index (χ2n) is 4.79. The lowest BCUT2D eigenvalue weighted by molar-refractivity contribution is 0.176. The fourth-order valence-electron chi connectivity index (χ4n) is 1.89. The maximum absolute atomic E-state index is 6.21. The van der Waals surface area contributed by atoms with Crippen LogP contribution in [0.25, 0.3) is 0 Å². The number of nitrogens with zero attached hydrogens (tertiary/aromatic N) is 1. The minimum Gasteiger partial charge on any atom is -0.379 e. The van der Waals surface area contributed by atoms with Crippen LogP contribution in [0.3, 0.4) is 0 Å². The lowest BCUT2D eigenvalue weighted by Crippen LogP contribution is -2.49. The molecule has 2 rings (SSSR count). The van der Waals surface area contributed by atoms with Gasteiger partial charge < -0.3 is 15.8 Å². The molecule has 0 amide bonds. The molecule has 1 aliphatic rings. The number of thiazole rings is 1. The molecule has 3 N–H and O–H groups in total. The van der Waals surface area contributed by atoms with Crippen molar-refractivity contribution < 1.29 is 4.74 Å². The van der Waals surface area contributed by atoms with Gasteiger partial charge in [-0.2, -0.15) is 0 Å². The average Bonchev–Trinajstić information content (AvgIpc) is 2.95. The molecule has 1 aromatic heterocycles. The molecule has 96 valence electrons. The van der Waals surface area contributed by atoms with Crippen LogP contribution in [-0.2, 0) is 11.2 Å². The maximum Gasteiger partial charge on any atom is 0.109 e. The van der Waals surface area contributed by atoms with Gasteiger partial charge in [-0.3, -0.25) is 0 Å². The molecule has 2 heterocycles. The Morgan fingerprint density at radius 2 is 2.53 bits per heavy atom.